The van der Waals surface area contributed by atoms with Gasteiger partial charge in [0.25, 0.3) is 0 Å². The van der Waals surface area contributed by atoms with Gasteiger partial charge in [0.15, 0.2) is 5.16 Å². The van der Waals surface area contributed by atoms with Gasteiger partial charge in [-0.25, -0.2) is 15.8 Å². The van der Waals surface area contributed by atoms with Crippen LogP contribution in [0.3, 0.4) is 0 Å². The van der Waals surface area contributed by atoms with Crippen molar-refractivity contribution in [1.29, 1.82) is 0 Å². The molecule has 0 aliphatic rings. The van der Waals surface area contributed by atoms with Gasteiger partial charge < -0.3 is 16.1 Å². The van der Waals surface area contributed by atoms with Gasteiger partial charge in [-0.05, 0) is 13.2 Å². The van der Waals surface area contributed by atoms with Gasteiger partial charge in [-0.1, -0.05) is 11.8 Å². The Balaban J connectivity index is 2.86. The summed E-state index contributed by atoms with van der Waals surface area (Å²) in [5.41, 5.74) is 2.45. The zero-order valence-electron chi connectivity index (χ0n) is 9.94. The number of rotatable bonds is 5. The van der Waals surface area contributed by atoms with Crippen LogP contribution in [0.25, 0.3) is 0 Å². The molecule has 1 atom stereocenters. The molecule has 1 rings (SSSR count). The van der Waals surface area contributed by atoms with Gasteiger partial charge in [0.1, 0.15) is 17.7 Å². The lowest BCUT2D eigenvalue weighted by Crippen LogP contribution is -2.35. The number of hydrogen-bond donors (Lipinski definition) is 4. The summed E-state index contributed by atoms with van der Waals surface area (Å²) in [4.78, 5) is 19.7. The number of hydrazine groups is 1. The first-order valence-electron chi connectivity index (χ1n) is 4.98. The number of thioether (sulfide) groups is 1. The van der Waals surface area contributed by atoms with Crippen LogP contribution >= 0.6 is 11.8 Å². The molecule has 0 aliphatic carbocycles. The SMILES string of the molecule is CNC(=O)C(C)Nc1cc(NN)nc(SC)n1. The molecule has 1 unspecified atom stereocenters. The van der Waals surface area contributed by atoms with E-state index in [0.717, 1.165) is 0 Å². The number of nitrogens with one attached hydrogen (secondary N) is 3. The number of carbonyl (C=O) groups excluding carboxylic acids is 1. The molecule has 0 fully saturated rings. The Kier molecular flexibility index (Phi) is 4.98. The fourth-order valence-corrected chi connectivity index (χ4v) is 1.55. The van der Waals surface area contributed by atoms with Crippen molar-refractivity contribution in [2.24, 2.45) is 5.84 Å². The molecule has 1 aromatic heterocycles. The largest absolute Gasteiger partial charge is 0.358 e. The molecule has 0 bridgehead atoms. The van der Waals surface area contributed by atoms with Gasteiger partial charge in [-0.3, -0.25) is 4.79 Å². The van der Waals surface area contributed by atoms with Crippen molar-refractivity contribution < 1.29 is 4.79 Å². The zero-order chi connectivity index (χ0) is 12.8. The average Bonchev–Trinajstić information content (AvgIpc) is 2.36. The van der Waals surface area contributed by atoms with Crippen molar-refractivity contribution in [2.45, 2.75) is 18.1 Å². The molecule has 5 N–H and O–H groups in total. The number of likely N-dealkylation sites (N-methyl/N-ethyl adjacent to an activating group) is 1. The minimum absolute atomic E-state index is 0.114. The van der Waals surface area contributed by atoms with Crippen molar-refractivity contribution >= 4 is 29.3 Å². The number of aromatic nitrogens is 2. The van der Waals surface area contributed by atoms with Crippen LogP contribution in [0.4, 0.5) is 11.6 Å². The standard InChI is InChI=1S/C9H16N6OS/c1-5(8(16)11-2)12-6-4-7(15-10)14-9(13-6)17-3/h4-5H,10H2,1-3H3,(H,11,16)(H2,12,13,14,15). The molecule has 0 radical (unpaired) electrons. The van der Waals surface area contributed by atoms with E-state index in [-0.39, 0.29) is 11.9 Å². The van der Waals surface area contributed by atoms with E-state index in [0.29, 0.717) is 16.8 Å². The third-order valence-electron chi connectivity index (χ3n) is 2.04. The third-order valence-corrected chi connectivity index (χ3v) is 2.59. The topological polar surface area (TPSA) is 105 Å². The first-order chi connectivity index (χ1) is 8.10. The summed E-state index contributed by atoms with van der Waals surface area (Å²) in [7, 11) is 1.58. The molecule has 0 aliphatic heterocycles. The van der Waals surface area contributed by atoms with Crippen LogP contribution in [0, 0.1) is 0 Å². The predicted molar refractivity (Wildman–Crippen MR) is 68.8 cm³/mol. The lowest BCUT2D eigenvalue weighted by molar-refractivity contribution is -0.121. The monoisotopic (exact) mass is 256 g/mol. The predicted octanol–water partition coefficient (Wildman–Crippen LogP) is 0.0305. The van der Waals surface area contributed by atoms with Crippen molar-refractivity contribution in [3.63, 3.8) is 0 Å². The first kappa shape index (κ1) is 13.5. The Labute approximate surface area is 104 Å². The number of anilines is 2. The fraction of sp³-hybridized carbons (Fsp3) is 0.444. The molecule has 1 aromatic rings. The van der Waals surface area contributed by atoms with Gasteiger partial charge in [0.2, 0.25) is 5.91 Å². The molecule has 0 saturated heterocycles. The summed E-state index contributed by atoms with van der Waals surface area (Å²) in [6.07, 6.45) is 1.86. The Morgan fingerprint density at radius 2 is 2.12 bits per heavy atom. The highest BCUT2D eigenvalue weighted by Crippen LogP contribution is 2.17. The Morgan fingerprint density at radius 1 is 1.47 bits per heavy atom. The van der Waals surface area contributed by atoms with Crippen LogP contribution in [0.15, 0.2) is 11.2 Å². The average molecular weight is 256 g/mol. The number of nitrogens with zero attached hydrogens (tertiary/aromatic N) is 2. The fourth-order valence-electron chi connectivity index (χ4n) is 1.17. The van der Waals surface area contributed by atoms with Gasteiger partial charge in [-0.15, -0.1) is 0 Å². The minimum atomic E-state index is -0.379. The van der Waals surface area contributed by atoms with E-state index in [1.54, 1.807) is 20.0 Å². The van der Waals surface area contributed by atoms with E-state index in [9.17, 15) is 4.79 Å². The zero-order valence-corrected chi connectivity index (χ0v) is 10.8. The highest BCUT2D eigenvalue weighted by molar-refractivity contribution is 7.98. The Morgan fingerprint density at radius 3 is 2.65 bits per heavy atom. The Hall–Kier alpha value is -1.54. The second-order valence-electron chi connectivity index (χ2n) is 3.25. The summed E-state index contributed by atoms with van der Waals surface area (Å²) in [6.45, 7) is 1.75. The van der Waals surface area contributed by atoms with Gasteiger partial charge in [0.05, 0.1) is 0 Å². The van der Waals surface area contributed by atoms with Crippen LogP contribution in [0.2, 0.25) is 0 Å². The highest BCUT2D eigenvalue weighted by Gasteiger charge is 2.12. The molecular formula is C9H16N6OS. The lowest BCUT2D eigenvalue weighted by atomic mass is 10.3. The molecule has 17 heavy (non-hydrogen) atoms. The number of amides is 1. The van der Waals surface area contributed by atoms with Crippen LogP contribution in [0.1, 0.15) is 6.92 Å². The number of hydrogen-bond acceptors (Lipinski definition) is 7. The quantitative estimate of drug-likeness (QED) is 0.255. The molecule has 0 aromatic carbocycles. The van der Waals surface area contributed by atoms with Crippen LogP contribution in [-0.4, -0.2) is 35.2 Å². The summed E-state index contributed by atoms with van der Waals surface area (Å²) < 4.78 is 0. The summed E-state index contributed by atoms with van der Waals surface area (Å²) in [6, 6.07) is 1.26. The van der Waals surface area contributed by atoms with Crippen LogP contribution in [0.5, 0.6) is 0 Å². The molecule has 8 heteroatoms. The van der Waals surface area contributed by atoms with Crippen LogP contribution < -0.4 is 21.9 Å². The molecule has 1 amide bonds. The summed E-state index contributed by atoms with van der Waals surface area (Å²) in [5, 5.41) is 6.10. The maximum Gasteiger partial charge on any atom is 0.241 e. The maximum atomic E-state index is 11.4. The summed E-state index contributed by atoms with van der Waals surface area (Å²) in [5.74, 6) is 6.23. The van der Waals surface area contributed by atoms with E-state index in [2.05, 4.69) is 26.0 Å². The molecule has 0 saturated carbocycles. The van der Waals surface area contributed by atoms with Crippen molar-refractivity contribution in [1.82, 2.24) is 15.3 Å². The van der Waals surface area contributed by atoms with E-state index >= 15 is 0 Å². The third kappa shape index (κ3) is 3.75. The van der Waals surface area contributed by atoms with E-state index in [1.807, 2.05) is 6.26 Å². The second-order valence-corrected chi connectivity index (χ2v) is 4.02. The Bertz CT molecular complexity index is 377. The number of nitrogens with two attached hydrogens (primary N) is 1. The van der Waals surface area contributed by atoms with Gasteiger partial charge in [-0.2, -0.15) is 0 Å². The van der Waals surface area contributed by atoms with E-state index in [4.69, 9.17) is 5.84 Å². The van der Waals surface area contributed by atoms with Crippen molar-refractivity contribution in [3.05, 3.63) is 6.07 Å². The number of nitrogen functional groups attached to an aromatic ring is 1. The smallest absolute Gasteiger partial charge is 0.241 e. The van der Waals surface area contributed by atoms with E-state index < -0.39 is 0 Å². The molecule has 1 heterocycles. The normalized spacial score (nSPS) is 11.8. The summed E-state index contributed by atoms with van der Waals surface area (Å²) >= 11 is 1.40. The van der Waals surface area contributed by atoms with Crippen molar-refractivity contribution in [3.8, 4) is 0 Å². The van der Waals surface area contributed by atoms with Gasteiger partial charge >= 0.3 is 0 Å². The number of carbonyl (C=O) groups is 1. The minimum Gasteiger partial charge on any atom is -0.358 e. The van der Waals surface area contributed by atoms with Crippen LogP contribution in [-0.2, 0) is 4.79 Å². The molecule has 0 spiro atoms. The van der Waals surface area contributed by atoms with Crippen molar-refractivity contribution in [2.75, 3.05) is 24.0 Å². The molecular weight excluding hydrogens is 240 g/mol. The molecule has 94 valence electrons. The lowest BCUT2D eigenvalue weighted by Gasteiger charge is -2.14. The van der Waals surface area contributed by atoms with E-state index in [1.165, 1.54) is 11.8 Å². The second kappa shape index (κ2) is 6.26. The van der Waals surface area contributed by atoms with Gasteiger partial charge in [0, 0.05) is 13.1 Å². The maximum absolute atomic E-state index is 11.4. The first-order valence-corrected chi connectivity index (χ1v) is 6.21. The highest BCUT2D eigenvalue weighted by atomic mass is 32.2. The molecule has 7 nitrogen and oxygen atoms in total.